The van der Waals surface area contributed by atoms with Gasteiger partial charge in [-0.05, 0) is 37.7 Å². The van der Waals surface area contributed by atoms with Crippen LogP contribution in [0, 0.1) is 12.8 Å². The van der Waals surface area contributed by atoms with Crippen molar-refractivity contribution in [2.75, 3.05) is 19.5 Å². The van der Waals surface area contributed by atoms with Crippen LogP contribution >= 0.6 is 0 Å². The minimum absolute atomic E-state index is 0.0979. The van der Waals surface area contributed by atoms with Crippen LogP contribution in [0.5, 0.6) is 5.75 Å². The third-order valence-electron chi connectivity index (χ3n) is 5.74. The summed E-state index contributed by atoms with van der Waals surface area (Å²) in [5.74, 6) is -0.429. The number of carboxylic acid groups (broad SMARTS) is 1. The Hall–Kier alpha value is -2.50. The summed E-state index contributed by atoms with van der Waals surface area (Å²) in [6, 6.07) is 0. The maximum atomic E-state index is 12.2. The molecule has 0 unspecified atom stereocenters. The highest BCUT2D eigenvalue weighted by atomic mass is 16.5. The Morgan fingerprint density at radius 1 is 1.33 bits per heavy atom. The lowest BCUT2D eigenvalue weighted by molar-refractivity contribution is -0.133. The number of cyclic esters (lactones) is 1. The third kappa shape index (κ3) is 3.53. The highest BCUT2D eigenvalue weighted by molar-refractivity contribution is 6.01. The molecule has 0 bridgehead atoms. The van der Waals surface area contributed by atoms with Gasteiger partial charge in [0.15, 0.2) is 0 Å². The molecule has 0 radical (unpaired) electrons. The Morgan fingerprint density at radius 2 is 2.04 bits per heavy atom. The zero-order valence-corrected chi connectivity index (χ0v) is 16.2. The molecule has 0 amide bonds. The number of methoxy groups -OCH3 is 1. The summed E-state index contributed by atoms with van der Waals surface area (Å²) in [6.45, 7) is 2.15. The van der Waals surface area contributed by atoms with E-state index in [0.29, 0.717) is 29.0 Å². The molecule has 6 heteroatoms. The molecule has 1 heterocycles. The van der Waals surface area contributed by atoms with E-state index in [2.05, 4.69) is 5.32 Å². The number of esters is 1. The highest BCUT2D eigenvalue weighted by Gasteiger charge is 2.32. The third-order valence-corrected chi connectivity index (χ3v) is 5.74. The number of fused-ring (bicyclic) bond motifs is 1. The van der Waals surface area contributed by atoms with Gasteiger partial charge >= 0.3 is 11.9 Å². The summed E-state index contributed by atoms with van der Waals surface area (Å²) in [5.41, 5.74) is 4.17. The first-order chi connectivity index (χ1) is 13.0. The number of benzene rings is 1. The molecule has 0 spiro atoms. The summed E-state index contributed by atoms with van der Waals surface area (Å²) in [6.07, 6.45) is 7.34. The minimum Gasteiger partial charge on any atom is -0.496 e. The van der Waals surface area contributed by atoms with E-state index in [9.17, 15) is 14.7 Å². The standard InChI is InChI=1S/C21H27NO5/c1-12-16-11-27-21(25)17(16)18(22-2)15(19(12)26-3)10-9-14(20(23)24)13-7-5-4-6-8-13/h9,13,22H,4-8,10-11H2,1-3H3,(H,23,24)/b14-9+. The molecule has 27 heavy (non-hydrogen) atoms. The number of anilines is 1. The smallest absolute Gasteiger partial charge is 0.341 e. The van der Waals surface area contributed by atoms with E-state index >= 15 is 0 Å². The highest BCUT2D eigenvalue weighted by Crippen LogP contribution is 2.41. The molecular weight excluding hydrogens is 346 g/mol. The fraction of sp³-hybridized carbons (Fsp3) is 0.524. The summed E-state index contributed by atoms with van der Waals surface area (Å²) in [7, 11) is 3.35. The fourth-order valence-corrected chi connectivity index (χ4v) is 4.38. The van der Waals surface area contributed by atoms with Gasteiger partial charge in [-0.15, -0.1) is 0 Å². The average molecular weight is 373 g/mol. The van der Waals surface area contributed by atoms with Gasteiger partial charge in [-0.2, -0.15) is 0 Å². The van der Waals surface area contributed by atoms with Gasteiger partial charge in [0, 0.05) is 23.7 Å². The van der Waals surface area contributed by atoms with Crippen molar-refractivity contribution in [3.05, 3.63) is 33.9 Å². The molecule has 1 aromatic carbocycles. The lowest BCUT2D eigenvalue weighted by Gasteiger charge is -2.23. The van der Waals surface area contributed by atoms with Crippen LogP contribution in [0.4, 0.5) is 5.69 Å². The molecule has 6 nitrogen and oxygen atoms in total. The van der Waals surface area contributed by atoms with Gasteiger partial charge in [0.2, 0.25) is 0 Å². The Balaban J connectivity index is 2.05. The van der Waals surface area contributed by atoms with Gasteiger partial charge < -0.3 is 19.9 Å². The van der Waals surface area contributed by atoms with Crippen molar-refractivity contribution < 1.29 is 24.2 Å². The summed E-state index contributed by atoms with van der Waals surface area (Å²) >= 11 is 0. The van der Waals surface area contributed by atoms with Crippen molar-refractivity contribution in [1.29, 1.82) is 0 Å². The lowest BCUT2D eigenvalue weighted by atomic mass is 9.83. The van der Waals surface area contributed by atoms with Crippen LogP contribution in [0.1, 0.15) is 59.2 Å². The monoisotopic (exact) mass is 373 g/mol. The normalized spacial score (nSPS) is 17.4. The largest absolute Gasteiger partial charge is 0.496 e. The number of rotatable bonds is 6. The zero-order valence-electron chi connectivity index (χ0n) is 16.2. The molecule has 3 rings (SSSR count). The second-order valence-corrected chi connectivity index (χ2v) is 7.20. The number of carboxylic acids is 1. The molecule has 1 fully saturated rings. The van der Waals surface area contributed by atoms with E-state index in [-0.39, 0.29) is 18.5 Å². The first-order valence-electron chi connectivity index (χ1n) is 9.50. The molecule has 2 aliphatic rings. The molecule has 0 atom stereocenters. The van der Waals surface area contributed by atoms with E-state index in [1.54, 1.807) is 20.2 Å². The molecule has 1 aliphatic heterocycles. The maximum Gasteiger partial charge on any atom is 0.341 e. The van der Waals surface area contributed by atoms with Crippen LogP contribution in [0.2, 0.25) is 0 Å². The van der Waals surface area contributed by atoms with Crippen molar-refractivity contribution >= 4 is 17.6 Å². The molecule has 146 valence electrons. The van der Waals surface area contributed by atoms with Crippen LogP contribution in [-0.4, -0.2) is 31.2 Å². The molecular formula is C21H27NO5. The van der Waals surface area contributed by atoms with Crippen molar-refractivity contribution in [2.24, 2.45) is 5.92 Å². The van der Waals surface area contributed by atoms with E-state index in [4.69, 9.17) is 9.47 Å². The van der Waals surface area contributed by atoms with Crippen LogP contribution in [0.25, 0.3) is 0 Å². The molecule has 0 saturated heterocycles. The number of hydrogen-bond acceptors (Lipinski definition) is 5. The minimum atomic E-state index is -0.857. The van der Waals surface area contributed by atoms with Gasteiger partial charge in [-0.3, -0.25) is 0 Å². The average Bonchev–Trinajstić information content (AvgIpc) is 3.05. The van der Waals surface area contributed by atoms with E-state index in [1.807, 2.05) is 6.92 Å². The molecule has 2 N–H and O–H groups in total. The second kappa shape index (κ2) is 8.03. The Labute approximate surface area is 159 Å². The Bertz CT molecular complexity index is 790. The first-order valence-corrected chi connectivity index (χ1v) is 9.50. The molecule has 1 aromatic rings. The van der Waals surface area contributed by atoms with Crippen LogP contribution in [0.15, 0.2) is 11.6 Å². The van der Waals surface area contributed by atoms with Crippen LogP contribution in [-0.2, 0) is 22.6 Å². The van der Waals surface area contributed by atoms with E-state index in [0.717, 1.165) is 42.4 Å². The number of ether oxygens (including phenoxy) is 2. The van der Waals surface area contributed by atoms with Gasteiger partial charge in [0.25, 0.3) is 0 Å². The summed E-state index contributed by atoms with van der Waals surface area (Å²) in [4.78, 5) is 24.1. The number of hydrogen-bond donors (Lipinski definition) is 2. The van der Waals surface area contributed by atoms with E-state index in [1.165, 1.54) is 6.42 Å². The van der Waals surface area contributed by atoms with Crippen molar-refractivity contribution in [3.8, 4) is 5.75 Å². The predicted octanol–water partition coefficient (Wildman–Crippen LogP) is 3.85. The van der Waals surface area contributed by atoms with Gasteiger partial charge in [-0.1, -0.05) is 25.3 Å². The van der Waals surface area contributed by atoms with Crippen LogP contribution < -0.4 is 10.1 Å². The number of allylic oxidation sites excluding steroid dienone is 1. The predicted molar refractivity (Wildman–Crippen MR) is 102 cm³/mol. The summed E-state index contributed by atoms with van der Waals surface area (Å²) < 4.78 is 10.8. The number of carbonyl (C=O) groups excluding carboxylic acids is 1. The van der Waals surface area contributed by atoms with E-state index < -0.39 is 5.97 Å². The maximum absolute atomic E-state index is 12.2. The zero-order chi connectivity index (χ0) is 19.6. The summed E-state index contributed by atoms with van der Waals surface area (Å²) in [5, 5.41) is 12.8. The quantitative estimate of drug-likeness (QED) is 0.582. The van der Waals surface area contributed by atoms with Crippen molar-refractivity contribution in [2.45, 2.75) is 52.1 Å². The molecule has 1 aliphatic carbocycles. The van der Waals surface area contributed by atoms with Gasteiger partial charge in [0.05, 0.1) is 18.4 Å². The Kier molecular flexibility index (Phi) is 5.73. The van der Waals surface area contributed by atoms with Crippen molar-refractivity contribution in [3.63, 3.8) is 0 Å². The van der Waals surface area contributed by atoms with Crippen molar-refractivity contribution in [1.82, 2.24) is 0 Å². The molecule has 1 saturated carbocycles. The number of aliphatic carboxylic acids is 1. The SMILES string of the molecule is CNc1c(C/C=C(/C(=O)O)C2CCCCC2)c(OC)c(C)c2c1C(=O)OC2. The molecule has 0 aromatic heterocycles. The second-order valence-electron chi connectivity index (χ2n) is 7.20. The number of nitrogens with one attached hydrogen (secondary N) is 1. The van der Waals surface area contributed by atoms with Gasteiger partial charge in [-0.25, -0.2) is 9.59 Å². The number of carbonyl (C=O) groups is 2. The Morgan fingerprint density at radius 3 is 2.63 bits per heavy atom. The topological polar surface area (TPSA) is 84.9 Å². The van der Waals surface area contributed by atoms with Crippen LogP contribution in [0.3, 0.4) is 0 Å². The van der Waals surface area contributed by atoms with Gasteiger partial charge in [0.1, 0.15) is 12.4 Å². The fourth-order valence-electron chi connectivity index (χ4n) is 4.38. The first kappa shape index (κ1) is 19.3. The lowest BCUT2D eigenvalue weighted by Crippen LogP contribution is -2.16.